The van der Waals surface area contributed by atoms with Crippen molar-refractivity contribution in [1.82, 2.24) is 9.80 Å². The topological polar surface area (TPSA) is 32.8 Å². The molecule has 3 aliphatic rings. The van der Waals surface area contributed by atoms with Crippen molar-refractivity contribution < 1.29 is 9.53 Å². The summed E-state index contributed by atoms with van der Waals surface area (Å²) in [5.74, 6) is 0.123. The van der Waals surface area contributed by atoms with E-state index in [0.29, 0.717) is 6.04 Å². The summed E-state index contributed by atoms with van der Waals surface area (Å²) in [4.78, 5) is 15.4. The normalized spacial score (nSPS) is 42.3. The zero-order valence-corrected chi connectivity index (χ0v) is 8.38. The molecule has 4 atom stereocenters. The molecule has 3 rings (SSSR count). The van der Waals surface area contributed by atoms with E-state index < -0.39 is 0 Å². The molecule has 0 aliphatic carbocycles. The lowest BCUT2D eigenvalue weighted by molar-refractivity contribution is -0.130. The second kappa shape index (κ2) is 2.51. The smallest absolute Gasteiger partial charge is 0.219 e. The Morgan fingerprint density at radius 2 is 2.43 bits per heavy atom. The number of hydrogen-bond acceptors (Lipinski definition) is 3. The number of nitrogens with zero attached hydrogens (tertiary/aromatic N) is 2. The van der Waals surface area contributed by atoms with Crippen LogP contribution in [0.3, 0.4) is 0 Å². The van der Waals surface area contributed by atoms with Gasteiger partial charge >= 0.3 is 0 Å². The fourth-order valence-electron chi connectivity index (χ4n) is 2.85. The average molecular weight is 194 g/mol. The molecule has 0 saturated carbocycles. The zero-order valence-electron chi connectivity index (χ0n) is 8.38. The highest BCUT2D eigenvalue weighted by molar-refractivity contribution is 5.73. The van der Waals surface area contributed by atoms with Gasteiger partial charge < -0.3 is 14.5 Å². The van der Waals surface area contributed by atoms with Gasteiger partial charge in [-0.15, -0.1) is 0 Å². The van der Waals surface area contributed by atoms with Crippen LogP contribution in [0.25, 0.3) is 0 Å². The Hall–Kier alpha value is -1.03. The van der Waals surface area contributed by atoms with Crippen LogP contribution in [0.2, 0.25) is 0 Å². The van der Waals surface area contributed by atoms with Crippen molar-refractivity contribution in [3.8, 4) is 0 Å². The van der Waals surface area contributed by atoms with Gasteiger partial charge in [0.2, 0.25) is 5.91 Å². The Morgan fingerprint density at radius 1 is 1.64 bits per heavy atom. The van der Waals surface area contributed by atoms with Crippen LogP contribution in [0.4, 0.5) is 0 Å². The van der Waals surface area contributed by atoms with Gasteiger partial charge in [0.15, 0.2) is 0 Å². The Balaban J connectivity index is 1.88. The number of hydrogen-bond donors (Lipinski definition) is 0. The fourth-order valence-corrected chi connectivity index (χ4v) is 2.85. The van der Waals surface area contributed by atoms with Crippen molar-refractivity contribution in [1.29, 1.82) is 0 Å². The van der Waals surface area contributed by atoms with Crippen molar-refractivity contribution in [2.75, 3.05) is 13.6 Å². The van der Waals surface area contributed by atoms with E-state index in [9.17, 15) is 4.79 Å². The zero-order chi connectivity index (χ0) is 9.87. The van der Waals surface area contributed by atoms with Crippen LogP contribution in [0, 0.1) is 0 Å². The summed E-state index contributed by atoms with van der Waals surface area (Å²) in [6, 6.07) is 0.612. The van der Waals surface area contributed by atoms with Crippen LogP contribution >= 0.6 is 0 Å². The molecular formula is C10H14N2O2. The highest BCUT2D eigenvalue weighted by Gasteiger charge is 2.56. The van der Waals surface area contributed by atoms with Gasteiger partial charge in [-0.05, 0) is 12.3 Å². The molecule has 2 fully saturated rings. The first-order valence-electron chi connectivity index (χ1n) is 5.01. The Morgan fingerprint density at radius 3 is 3.07 bits per heavy atom. The predicted octanol–water partition coefficient (Wildman–Crippen LogP) is -0.188. The minimum atomic E-state index is 0.123. The average Bonchev–Trinajstić information content (AvgIpc) is 2.70. The second-order valence-electron chi connectivity index (χ2n) is 4.29. The van der Waals surface area contributed by atoms with Gasteiger partial charge in [0.1, 0.15) is 6.10 Å². The summed E-state index contributed by atoms with van der Waals surface area (Å²) >= 11 is 0. The lowest BCUT2D eigenvalue weighted by atomic mass is 10.1. The molecule has 2 saturated heterocycles. The summed E-state index contributed by atoms with van der Waals surface area (Å²) in [5.41, 5.74) is 0. The first-order valence-corrected chi connectivity index (χ1v) is 5.01. The van der Waals surface area contributed by atoms with Crippen molar-refractivity contribution in [3.63, 3.8) is 0 Å². The summed E-state index contributed by atoms with van der Waals surface area (Å²) in [6.45, 7) is 2.54. The molecular weight excluding hydrogens is 180 g/mol. The van der Waals surface area contributed by atoms with Crippen molar-refractivity contribution in [3.05, 3.63) is 12.3 Å². The molecule has 0 N–H and O–H groups in total. The maximum atomic E-state index is 11.3. The molecule has 0 aromatic heterocycles. The van der Waals surface area contributed by atoms with Gasteiger partial charge in [-0.25, -0.2) is 0 Å². The van der Waals surface area contributed by atoms with Crippen molar-refractivity contribution >= 4 is 5.91 Å². The number of carbonyl (C=O) groups is 1. The van der Waals surface area contributed by atoms with Crippen LogP contribution < -0.4 is 0 Å². The monoisotopic (exact) mass is 194 g/mol. The van der Waals surface area contributed by atoms with E-state index in [0.717, 1.165) is 6.54 Å². The first-order chi connectivity index (χ1) is 6.68. The minimum Gasteiger partial charge on any atom is -0.367 e. The Bertz CT molecular complexity index is 299. The van der Waals surface area contributed by atoms with Crippen LogP contribution in [-0.4, -0.2) is 53.6 Å². The predicted molar refractivity (Wildman–Crippen MR) is 50.5 cm³/mol. The number of likely N-dealkylation sites (N-methyl/N-ethyl adjacent to an activating group) is 1. The quantitative estimate of drug-likeness (QED) is 0.580. The number of ether oxygens (including phenoxy) is 1. The van der Waals surface area contributed by atoms with Gasteiger partial charge in [0.05, 0.1) is 18.2 Å². The van der Waals surface area contributed by atoms with E-state index in [1.807, 2.05) is 11.9 Å². The maximum absolute atomic E-state index is 11.3. The maximum Gasteiger partial charge on any atom is 0.219 e. The minimum absolute atomic E-state index is 0.123. The van der Waals surface area contributed by atoms with Gasteiger partial charge in [0.25, 0.3) is 0 Å². The molecule has 3 heterocycles. The first kappa shape index (κ1) is 8.29. The van der Waals surface area contributed by atoms with Crippen LogP contribution in [-0.2, 0) is 9.53 Å². The molecule has 0 aromatic rings. The largest absolute Gasteiger partial charge is 0.367 e. The lowest BCUT2D eigenvalue weighted by Crippen LogP contribution is -2.45. The third kappa shape index (κ3) is 0.843. The van der Waals surface area contributed by atoms with Gasteiger partial charge in [-0.1, -0.05) is 0 Å². The molecule has 2 bridgehead atoms. The molecule has 4 heteroatoms. The molecule has 14 heavy (non-hydrogen) atoms. The second-order valence-corrected chi connectivity index (χ2v) is 4.29. The summed E-state index contributed by atoms with van der Waals surface area (Å²) < 4.78 is 5.81. The van der Waals surface area contributed by atoms with Gasteiger partial charge in [-0.3, -0.25) is 4.79 Å². The van der Waals surface area contributed by atoms with E-state index in [4.69, 9.17) is 4.74 Å². The molecule has 1 amide bonds. The number of carbonyl (C=O) groups excluding carboxylic acids is 1. The number of amides is 1. The highest BCUT2D eigenvalue weighted by Crippen LogP contribution is 2.40. The Labute approximate surface area is 83.1 Å². The Kier molecular flexibility index (Phi) is 1.49. The fraction of sp³-hybridized carbons (Fsp3) is 0.700. The van der Waals surface area contributed by atoms with E-state index >= 15 is 0 Å². The van der Waals surface area contributed by atoms with Crippen molar-refractivity contribution in [2.45, 2.75) is 31.2 Å². The number of morpholine rings is 1. The third-order valence-corrected chi connectivity index (χ3v) is 3.58. The molecule has 4 nitrogen and oxygen atoms in total. The summed E-state index contributed by atoms with van der Waals surface area (Å²) in [6.07, 6.45) is 4.61. The van der Waals surface area contributed by atoms with E-state index in [1.54, 1.807) is 6.92 Å². The van der Waals surface area contributed by atoms with E-state index in [2.05, 4.69) is 17.2 Å². The van der Waals surface area contributed by atoms with E-state index in [-0.39, 0.29) is 24.2 Å². The molecule has 76 valence electrons. The van der Waals surface area contributed by atoms with Gasteiger partial charge in [0, 0.05) is 20.5 Å². The van der Waals surface area contributed by atoms with Gasteiger partial charge in [-0.2, -0.15) is 0 Å². The van der Waals surface area contributed by atoms with Crippen molar-refractivity contribution in [2.24, 2.45) is 0 Å². The molecule has 0 radical (unpaired) electrons. The number of rotatable bonds is 1. The van der Waals surface area contributed by atoms with Crippen LogP contribution in [0.1, 0.15) is 6.92 Å². The molecule has 0 spiro atoms. The molecule has 0 unspecified atom stereocenters. The molecule has 0 aromatic carbocycles. The third-order valence-electron chi connectivity index (χ3n) is 3.58. The van der Waals surface area contributed by atoms with Crippen LogP contribution in [0.15, 0.2) is 12.3 Å². The summed E-state index contributed by atoms with van der Waals surface area (Å²) in [7, 11) is 1.87. The van der Waals surface area contributed by atoms with E-state index in [1.165, 1.54) is 0 Å². The highest BCUT2D eigenvalue weighted by atomic mass is 16.5. The number of fused-ring (bicyclic) bond motifs is 1. The SMILES string of the molecule is CC(=O)N(C)[C@H]1[C@H]2[C@@H]3C=CN2C[C@H]1O3. The lowest BCUT2D eigenvalue weighted by Gasteiger charge is -2.27. The van der Waals surface area contributed by atoms with Crippen LogP contribution in [0.5, 0.6) is 0 Å². The summed E-state index contributed by atoms with van der Waals surface area (Å²) in [5, 5.41) is 0. The molecule has 3 aliphatic heterocycles. The standard InChI is InChI=1S/C10H14N2O2/c1-6(13)11(2)9-8-5-12-4-3-7(14-8)10(9)12/h3-4,7-10H,5H2,1-2H3/t7-,8+,9+,10+/m0/s1.